The van der Waals surface area contributed by atoms with E-state index >= 15 is 0 Å². The maximum Gasteiger partial charge on any atom is 0.417 e. The van der Waals surface area contributed by atoms with Crippen molar-refractivity contribution in [3.63, 3.8) is 0 Å². The van der Waals surface area contributed by atoms with E-state index in [2.05, 4.69) is 13.8 Å². The van der Waals surface area contributed by atoms with Crippen LogP contribution in [0.15, 0.2) is 194 Å². The van der Waals surface area contributed by atoms with Gasteiger partial charge in [-0.25, -0.2) is 9.80 Å². The van der Waals surface area contributed by atoms with E-state index in [4.69, 9.17) is 9.47 Å². The number of fused-ring (bicyclic) bond motifs is 4. The second-order valence-corrected chi connectivity index (χ2v) is 25.1. The first-order valence-corrected chi connectivity index (χ1v) is 31.0. The Labute approximate surface area is 562 Å². The molecule has 0 bridgehead atoms. The summed E-state index contributed by atoms with van der Waals surface area (Å²) < 4.78 is 98.1. The Kier molecular flexibility index (Phi) is 16.1. The van der Waals surface area contributed by atoms with Crippen molar-refractivity contribution in [2.75, 3.05) is 23.9 Å². The molecule has 0 N–H and O–H groups in total. The quantitative estimate of drug-likeness (QED) is 0.0898. The smallest absolute Gasteiger partial charge is 0.417 e. The van der Waals surface area contributed by atoms with Gasteiger partial charge in [-0.05, 0) is 193 Å². The number of nitrogens with zero attached hydrogens (tertiary/aromatic N) is 4. The van der Waals surface area contributed by atoms with Gasteiger partial charge in [-0.15, -0.1) is 0 Å². The zero-order valence-electron chi connectivity index (χ0n) is 54.1. The molecule has 0 aromatic heterocycles. The van der Waals surface area contributed by atoms with Crippen LogP contribution >= 0.6 is 0 Å². The minimum absolute atomic E-state index is 0.0204. The summed E-state index contributed by atoms with van der Waals surface area (Å²) in [5.74, 6) is -2.81. The Balaban J connectivity index is 0.000000189. The molecular formula is C79H56F6N4O10. The maximum atomic E-state index is 14.4. The molecule has 4 aliphatic rings. The van der Waals surface area contributed by atoms with E-state index in [0.29, 0.717) is 61.8 Å². The minimum Gasteiger partial charge on any atom is -0.457 e. The Hall–Kier alpha value is -12.1. The normalized spacial score (nSPS) is 14.2. The lowest BCUT2D eigenvalue weighted by Gasteiger charge is -2.26. The minimum atomic E-state index is -4.75. The van der Waals surface area contributed by atoms with Gasteiger partial charge in [0.25, 0.3) is 47.3 Å². The summed E-state index contributed by atoms with van der Waals surface area (Å²) in [5.41, 5.74) is 5.50. The van der Waals surface area contributed by atoms with E-state index in [1.54, 1.807) is 98.8 Å². The predicted octanol–water partition coefficient (Wildman–Crippen LogP) is 17.6. The first-order valence-electron chi connectivity index (χ1n) is 31.0. The van der Waals surface area contributed by atoms with Crippen LogP contribution in [-0.2, 0) is 17.8 Å². The van der Waals surface area contributed by atoms with Crippen LogP contribution in [0, 0.1) is 27.7 Å². The van der Waals surface area contributed by atoms with Gasteiger partial charge in [0, 0.05) is 19.5 Å². The van der Waals surface area contributed by atoms with Gasteiger partial charge < -0.3 is 9.47 Å². The number of carbonyl (C=O) groups is 8. The lowest BCUT2D eigenvalue weighted by molar-refractivity contribution is -0.137. The van der Waals surface area contributed by atoms with Crippen LogP contribution in [0.3, 0.4) is 0 Å². The van der Waals surface area contributed by atoms with Crippen molar-refractivity contribution in [1.82, 2.24) is 9.80 Å². The average Bonchev–Trinajstić information content (AvgIpc) is 1.66. The number of halogens is 6. The van der Waals surface area contributed by atoms with Crippen molar-refractivity contribution < 1.29 is 74.2 Å². The fourth-order valence-corrected chi connectivity index (χ4v) is 12.9. The van der Waals surface area contributed by atoms with Gasteiger partial charge in [0.15, 0.2) is 0 Å². The monoisotopic (exact) mass is 1330 g/mol. The number of imide groups is 4. The molecule has 4 heterocycles. The van der Waals surface area contributed by atoms with Crippen molar-refractivity contribution in [2.24, 2.45) is 0 Å². The summed E-state index contributed by atoms with van der Waals surface area (Å²) in [6.07, 6.45) is -9.49. The zero-order chi connectivity index (χ0) is 70.6. The second-order valence-electron chi connectivity index (χ2n) is 25.1. The molecular weight excluding hydrogens is 1280 g/mol. The molecule has 14 nitrogen and oxygen atoms in total. The van der Waals surface area contributed by atoms with Crippen LogP contribution in [-0.4, -0.2) is 71.2 Å². The Morgan fingerprint density at radius 2 is 0.586 bits per heavy atom. The predicted molar refractivity (Wildman–Crippen MR) is 358 cm³/mol. The van der Waals surface area contributed by atoms with E-state index < -0.39 is 64.3 Å². The molecule has 0 saturated heterocycles. The molecule has 0 radical (unpaired) electrons. The summed E-state index contributed by atoms with van der Waals surface area (Å²) >= 11 is 0. The standard InChI is InChI=1S/C47H35F3N2O6.C32H21F3N2O4/c1-26-6-18-35(27(2)22-26)36-19-11-30(23-41(36)47(48,49)50)52-44(55)38-21-17-34(25-40(38)45(52)56)58-32-14-9-29(10-15-32)46(3,4)28-7-12-31(13-8-28)57-33-16-20-37-39(24-33)43(54)51(5)42(37)53;1-16-4-8-21(17(2)12-16)22-11-7-20(15-27(22)32(33,34)35)37-30(40)24-10-6-19(14-26(24)31(37)41)18-5-9-23-25(13-18)29(39)36(3)28(23)38/h6-25H,1-5H3;4-15H,1-3H3. The molecule has 14 rings (SSSR count). The highest BCUT2D eigenvalue weighted by molar-refractivity contribution is 6.35. The number of amides is 8. The lowest BCUT2D eigenvalue weighted by Crippen LogP contribution is -2.29. The molecule has 0 spiro atoms. The molecule has 20 heteroatoms. The van der Waals surface area contributed by atoms with Gasteiger partial charge in [-0.3, -0.25) is 48.2 Å². The fourth-order valence-electron chi connectivity index (χ4n) is 12.9. The van der Waals surface area contributed by atoms with Crippen LogP contribution in [0.1, 0.15) is 141 Å². The Morgan fingerprint density at radius 3 is 0.960 bits per heavy atom. The van der Waals surface area contributed by atoms with Crippen LogP contribution in [0.2, 0.25) is 0 Å². The first kappa shape index (κ1) is 65.6. The third-order valence-corrected chi connectivity index (χ3v) is 18.3. The summed E-state index contributed by atoms with van der Waals surface area (Å²) in [7, 11) is 2.83. The van der Waals surface area contributed by atoms with Gasteiger partial charge in [-0.1, -0.05) is 110 Å². The van der Waals surface area contributed by atoms with Crippen molar-refractivity contribution >= 4 is 58.6 Å². The first-order chi connectivity index (χ1) is 46.9. The highest BCUT2D eigenvalue weighted by Crippen LogP contribution is 2.45. The Bertz CT molecular complexity index is 5190. The Morgan fingerprint density at radius 1 is 0.293 bits per heavy atom. The van der Waals surface area contributed by atoms with Gasteiger partial charge in [0.1, 0.15) is 23.0 Å². The maximum absolute atomic E-state index is 14.4. The number of benzene rings is 10. The largest absolute Gasteiger partial charge is 0.457 e. The van der Waals surface area contributed by atoms with Gasteiger partial charge in [0.05, 0.1) is 67.0 Å². The van der Waals surface area contributed by atoms with Crippen molar-refractivity contribution in [2.45, 2.75) is 59.3 Å². The summed E-state index contributed by atoms with van der Waals surface area (Å²) in [6.45, 7) is 11.3. The molecule has 10 aromatic rings. The fraction of sp³-hybridized carbons (Fsp3) is 0.139. The third kappa shape index (κ3) is 11.7. The van der Waals surface area contributed by atoms with Gasteiger partial charge in [-0.2, -0.15) is 26.3 Å². The third-order valence-electron chi connectivity index (χ3n) is 18.3. The van der Waals surface area contributed by atoms with Crippen molar-refractivity contribution in [3.8, 4) is 56.4 Å². The van der Waals surface area contributed by atoms with Gasteiger partial charge >= 0.3 is 12.4 Å². The molecule has 99 heavy (non-hydrogen) atoms. The molecule has 0 saturated carbocycles. The van der Waals surface area contributed by atoms with Crippen molar-refractivity contribution in [3.05, 3.63) is 283 Å². The van der Waals surface area contributed by atoms with E-state index in [1.807, 2.05) is 50.2 Å². The van der Waals surface area contributed by atoms with E-state index in [1.165, 1.54) is 74.8 Å². The van der Waals surface area contributed by atoms with E-state index in [-0.39, 0.29) is 73.4 Å². The average molecular weight is 1340 g/mol. The molecule has 0 aliphatic carbocycles. The topological polar surface area (TPSA) is 168 Å². The molecule has 0 unspecified atom stereocenters. The molecule has 8 amide bonds. The number of aryl methyl sites for hydroxylation is 4. The SMILES string of the molecule is Cc1ccc(-c2ccc(N3C(=O)c4ccc(-c5ccc6c(c5)C(=O)N(C)C6=O)cc4C3=O)cc2C(F)(F)F)c(C)c1.Cc1ccc(-c2ccc(N3C(=O)c4ccc(Oc5ccc(C(C)(C)c6ccc(Oc7ccc8c(c7)C(=O)N(C)C8=O)cc6)cc5)cc4C3=O)cc2C(F)(F)F)c(C)c1. The number of hydrogen-bond acceptors (Lipinski definition) is 10. The molecule has 0 fully saturated rings. The lowest BCUT2D eigenvalue weighted by atomic mass is 9.78. The van der Waals surface area contributed by atoms with E-state index in [9.17, 15) is 64.7 Å². The van der Waals surface area contributed by atoms with Crippen LogP contribution in [0.5, 0.6) is 23.0 Å². The molecule has 10 aromatic carbocycles. The van der Waals surface area contributed by atoms with E-state index in [0.717, 1.165) is 54.0 Å². The number of alkyl halides is 6. The van der Waals surface area contributed by atoms with Crippen molar-refractivity contribution in [1.29, 1.82) is 0 Å². The highest BCUT2D eigenvalue weighted by Gasteiger charge is 2.43. The molecule has 494 valence electrons. The number of ether oxygens (including phenoxy) is 2. The zero-order valence-corrected chi connectivity index (χ0v) is 54.1. The number of anilines is 2. The number of rotatable bonds is 11. The molecule has 0 atom stereocenters. The van der Waals surface area contributed by atoms with Crippen LogP contribution in [0.25, 0.3) is 33.4 Å². The summed E-state index contributed by atoms with van der Waals surface area (Å²) in [6, 6.07) is 50.7. The second kappa shape index (κ2) is 24.2. The number of carbonyl (C=O) groups excluding carboxylic acids is 8. The summed E-state index contributed by atoms with van der Waals surface area (Å²) in [5, 5.41) is 0. The van der Waals surface area contributed by atoms with Gasteiger partial charge in [0.2, 0.25) is 0 Å². The van der Waals surface area contributed by atoms with Crippen LogP contribution < -0.4 is 19.3 Å². The molecule has 4 aliphatic heterocycles. The van der Waals surface area contributed by atoms with Crippen LogP contribution in [0.4, 0.5) is 37.7 Å². The number of hydrogen-bond donors (Lipinski definition) is 0. The summed E-state index contributed by atoms with van der Waals surface area (Å²) in [4.78, 5) is 107. The highest BCUT2D eigenvalue weighted by atomic mass is 19.4.